The van der Waals surface area contributed by atoms with Crippen LogP contribution in [0, 0.1) is 5.41 Å². The zero-order valence-electron chi connectivity index (χ0n) is 18.1. The van der Waals surface area contributed by atoms with Crippen molar-refractivity contribution >= 4 is 18.3 Å². The number of amides is 1. The van der Waals surface area contributed by atoms with Crippen molar-refractivity contribution in [3.05, 3.63) is 35.7 Å². The maximum absolute atomic E-state index is 13.2. The molecule has 2 aliphatic rings. The number of halogens is 1. The zero-order chi connectivity index (χ0) is 20.4. The van der Waals surface area contributed by atoms with Crippen LogP contribution >= 0.6 is 12.4 Å². The van der Waals surface area contributed by atoms with Crippen molar-refractivity contribution in [1.82, 2.24) is 25.2 Å². The third kappa shape index (κ3) is 4.47. The highest BCUT2D eigenvalue weighted by Crippen LogP contribution is 2.37. The molecule has 30 heavy (non-hydrogen) atoms. The summed E-state index contributed by atoms with van der Waals surface area (Å²) >= 11 is 0. The van der Waals surface area contributed by atoms with Gasteiger partial charge in [0.05, 0.1) is 17.5 Å². The van der Waals surface area contributed by atoms with E-state index in [2.05, 4.69) is 15.6 Å². The van der Waals surface area contributed by atoms with Crippen LogP contribution in [0.15, 0.2) is 24.3 Å². The Morgan fingerprint density at radius 2 is 1.90 bits per heavy atom. The highest BCUT2D eigenvalue weighted by atomic mass is 35.5. The summed E-state index contributed by atoms with van der Waals surface area (Å²) in [5.74, 6) is 0.829. The normalized spacial score (nSPS) is 17.9. The molecule has 1 amide bonds. The first kappa shape index (κ1) is 22.6. The van der Waals surface area contributed by atoms with E-state index in [0.29, 0.717) is 17.5 Å². The van der Waals surface area contributed by atoms with E-state index in [1.54, 1.807) is 4.68 Å². The number of benzene rings is 1. The van der Waals surface area contributed by atoms with Gasteiger partial charge in [-0.3, -0.25) is 4.79 Å². The second kappa shape index (κ2) is 9.35. The van der Waals surface area contributed by atoms with Crippen molar-refractivity contribution in [3.63, 3.8) is 0 Å². The van der Waals surface area contributed by atoms with Crippen LogP contribution in [0.5, 0.6) is 5.75 Å². The Bertz CT molecular complexity index is 849. The molecule has 0 saturated carbocycles. The van der Waals surface area contributed by atoms with Gasteiger partial charge in [-0.05, 0) is 75.8 Å². The monoisotopic (exact) mass is 433 g/mol. The van der Waals surface area contributed by atoms with Crippen molar-refractivity contribution in [2.24, 2.45) is 5.41 Å². The SMILES string of the molecule is CCc1c(C(=O)N2CCC3(CCNC3)CC2)nnn1-c1ccc(OC(C)C)cc1.Cl. The number of carbonyl (C=O) groups excluding carboxylic acids is 1. The van der Waals surface area contributed by atoms with E-state index in [0.717, 1.165) is 56.2 Å². The van der Waals surface area contributed by atoms with Crippen molar-refractivity contribution in [3.8, 4) is 11.4 Å². The maximum atomic E-state index is 13.2. The number of rotatable bonds is 5. The zero-order valence-corrected chi connectivity index (χ0v) is 18.9. The number of nitrogens with zero attached hydrogens (tertiary/aromatic N) is 4. The van der Waals surface area contributed by atoms with Gasteiger partial charge in [0.25, 0.3) is 5.91 Å². The largest absolute Gasteiger partial charge is 0.491 e. The first-order chi connectivity index (χ1) is 14.0. The molecular weight excluding hydrogens is 402 g/mol. The molecule has 1 aromatic heterocycles. The van der Waals surface area contributed by atoms with Gasteiger partial charge in [0.2, 0.25) is 0 Å². The summed E-state index contributed by atoms with van der Waals surface area (Å²) in [5.41, 5.74) is 2.62. The Kier molecular flexibility index (Phi) is 7.03. The summed E-state index contributed by atoms with van der Waals surface area (Å²) in [4.78, 5) is 15.1. The Hall–Kier alpha value is -2.12. The van der Waals surface area contributed by atoms with Gasteiger partial charge in [-0.15, -0.1) is 17.5 Å². The number of aromatic nitrogens is 3. The van der Waals surface area contributed by atoms with Gasteiger partial charge in [0.15, 0.2) is 5.69 Å². The van der Waals surface area contributed by atoms with E-state index < -0.39 is 0 Å². The number of carbonyl (C=O) groups is 1. The molecule has 2 aliphatic heterocycles. The Labute approximate surface area is 184 Å². The second-order valence-electron chi connectivity index (χ2n) is 8.53. The molecule has 2 aromatic rings. The molecule has 2 saturated heterocycles. The number of hydrogen-bond acceptors (Lipinski definition) is 5. The van der Waals surface area contributed by atoms with Crippen molar-refractivity contribution in [2.45, 2.75) is 52.6 Å². The van der Waals surface area contributed by atoms with E-state index in [4.69, 9.17) is 4.74 Å². The molecular formula is C22H32ClN5O2. The first-order valence-electron chi connectivity index (χ1n) is 10.7. The fraction of sp³-hybridized carbons (Fsp3) is 0.591. The minimum Gasteiger partial charge on any atom is -0.491 e. The number of likely N-dealkylation sites (tertiary alicyclic amines) is 1. The predicted octanol–water partition coefficient (Wildman–Crippen LogP) is 3.25. The molecule has 1 aromatic carbocycles. The summed E-state index contributed by atoms with van der Waals surface area (Å²) in [7, 11) is 0. The lowest BCUT2D eigenvalue weighted by Gasteiger charge is -2.38. The van der Waals surface area contributed by atoms with E-state index in [1.807, 2.05) is 49.9 Å². The topological polar surface area (TPSA) is 72.3 Å². The molecule has 0 radical (unpaired) electrons. The summed E-state index contributed by atoms with van der Waals surface area (Å²) in [6, 6.07) is 7.77. The van der Waals surface area contributed by atoms with Gasteiger partial charge in [0.1, 0.15) is 5.75 Å². The first-order valence-corrected chi connectivity index (χ1v) is 10.7. The third-order valence-corrected chi connectivity index (χ3v) is 6.20. The molecule has 0 unspecified atom stereocenters. The van der Waals surface area contributed by atoms with Crippen LogP contribution in [0.4, 0.5) is 0 Å². The highest BCUT2D eigenvalue weighted by molar-refractivity contribution is 5.93. The fourth-order valence-corrected chi connectivity index (χ4v) is 4.49. The van der Waals surface area contributed by atoms with Crippen LogP contribution in [0.1, 0.15) is 56.2 Å². The average molecular weight is 434 g/mol. The molecule has 164 valence electrons. The van der Waals surface area contributed by atoms with Gasteiger partial charge in [-0.1, -0.05) is 12.1 Å². The summed E-state index contributed by atoms with van der Waals surface area (Å²) in [5, 5.41) is 12.1. The summed E-state index contributed by atoms with van der Waals surface area (Å²) in [6.07, 6.45) is 4.19. The van der Waals surface area contributed by atoms with Crippen molar-refractivity contribution in [1.29, 1.82) is 0 Å². The summed E-state index contributed by atoms with van der Waals surface area (Å²) in [6.45, 7) is 9.84. The van der Waals surface area contributed by atoms with E-state index in [1.165, 1.54) is 6.42 Å². The Balaban J connectivity index is 0.00000256. The minimum absolute atomic E-state index is 0. The molecule has 1 N–H and O–H groups in total. The fourth-order valence-electron chi connectivity index (χ4n) is 4.49. The maximum Gasteiger partial charge on any atom is 0.276 e. The molecule has 1 spiro atoms. The van der Waals surface area contributed by atoms with Crippen molar-refractivity contribution in [2.75, 3.05) is 26.2 Å². The van der Waals surface area contributed by atoms with Gasteiger partial charge in [-0.25, -0.2) is 4.68 Å². The lowest BCUT2D eigenvalue weighted by atomic mass is 9.78. The molecule has 2 fully saturated rings. The molecule has 3 heterocycles. The average Bonchev–Trinajstić information content (AvgIpc) is 3.35. The van der Waals surface area contributed by atoms with Crippen LogP contribution in [0.3, 0.4) is 0 Å². The Morgan fingerprint density at radius 3 is 2.47 bits per heavy atom. The molecule has 0 aliphatic carbocycles. The second-order valence-corrected chi connectivity index (χ2v) is 8.53. The lowest BCUT2D eigenvalue weighted by molar-refractivity contribution is 0.0601. The molecule has 4 rings (SSSR count). The van der Waals surface area contributed by atoms with Crippen LogP contribution < -0.4 is 10.1 Å². The summed E-state index contributed by atoms with van der Waals surface area (Å²) < 4.78 is 7.49. The number of piperidine rings is 1. The number of ether oxygens (including phenoxy) is 1. The number of nitrogens with one attached hydrogen (secondary N) is 1. The van der Waals surface area contributed by atoms with Gasteiger partial charge < -0.3 is 15.0 Å². The van der Waals surface area contributed by atoms with Crippen LogP contribution in [0.2, 0.25) is 0 Å². The predicted molar refractivity (Wildman–Crippen MR) is 119 cm³/mol. The molecule has 0 bridgehead atoms. The third-order valence-electron chi connectivity index (χ3n) is 6.20. The van der Waals surface area contributed by atoms with E-state index in [-0.39, 0.29) is 24.4 Å². The molecule has 0 atom stereocenters. The highest BCUT2D eigenvalue weighted by Gasteiger charge is 2.39. The molecule has 7 nitrogen and oxygen atoms in total. The van der Waals surface area contributed by atoms with E-state index in [9.17, 15) is 4.79 Å². The number of hydrogen-bond donors (Lipinski definition) is 1. The van der Waals surface area contributed by atoms with Crippen LogP contribution in [-0.4, -0.2) is 58.1 Å². The van der Waals surface area contributed by atoms with Crippen molar-refractivity contribution < 1.29 is 9.53 Å². The molecule has 8 heteroatoms. The van der Waals surface area contributed by atoms with Gasteiger partial charge >= 0.3 is 0 Å². The van der Waals surface area contributed by atoms with Gasteiger partial charge in [-0.2, -0.15) is 0 Å². The van der Waals surface area contributed by atoms with E-state index >= 15 is 0 Å². The smallest absolute Gasteiger partial charge is 0.276 e. The van der Waals surface area contributed by atoms with Crippen LogP contribution in [-0.2, 0) is 6.42 Å². The lowest BCUT2D eigenvalue weighted by Crippen LogP contribution is -2.44. The van der Waals surface area contributed by atoms with Gasteiger partial charge in [0, 0.05) is 19.6 Å². The Morgan fingerprint density at radius 1 is 1.20 bits per heavy atom. The standard InChI is InChI=1S/C22H31N5O2.ClH/c1-4-19-20(21(28)26-13-10-22(11-14-26)9-12-23-15-22)24-25-27(19)17-5-7-18(8-6-17)29-16(2)3;/h5-8,16,23H,4,9-15H2,1-3H3;1H. The quantitative estimate of drug-likeness (QED) is 0.783. The van der Waals surface area contributed by atoms with Crippen LogP contribution in [0.25, 0.3) is 5.69 Å². The minimum atomic E-state index is 0.